The summed E-state index contributed by atoms with van der Waals surface area (Å²) in [4.78, 5) is 16.2. The number of halogens is 3. The molecule has 3 rings (SSSR count). The van der Waals surface area contributed by atoms with Crippen LogP contribution in [0.25, 0.3) is 0 Å². The number of rotatable bonds is 7. The Balaban J connectivity index is 1.40. The van der Waals surface area contributed by atoms with E-state index in [1.807, 2.05) is 12.1 Å². The van der Waals surface area contributed by atoms with Crippen LogP contribution in [0.5, 0.6) is 0 Å². The predicted molar refractivity (Wildman–Crippen MR) is 109 cm³/mol. The highest BCUT2D eigenvalue weighted by Crippen LogP contribution is 2.29. The third-order valence-electron chi connectivity index (χ3n) is 4.67. The smallest absolute Gasteiger partial charge is 0.416 e. The van der Waals surface area contributed by atoms with E-state index in [4.69, 9.17) is 10.5 Å². The number of benzene rings is 2. The monoisotopic (exact) mass is 420 g/mol. The number of anilines is 2. The maximum Gasteiger partial charge on any atom is 0.416 e. The number of nitrogens with one attached hydrogen (secondary N) is 2. The Morgan fingerprint density at radius 1 is 1.03 bits per heavy atom. The summed E-state index contributed by atoms with van der Waals surface area (Å²) in [6.45, 7) is 0.556. The lowest BCUT2D eigenvalue weighted by Crippen LogP contribution is -2.19. The molecule has 1 aliphatic heterocycles. The second kappa shape index (κ2) is 9.51. The van der Waals surface area contributed by atoms with Crippen molar-refractivity contribution in [1.82, 2.24) is 0 Å². The molecule has 0 unspecified atom stereocenters. The Hall–Kier alpha value is -3.23. The number of urea groups is 1. The van der Waals surface area contributed by atoms with Crippen LogP contribution in [0.4, 0.5) is 29.3 Å². The number of carbonyl (C=O) groups is 1. The van der Waals surface area contributed by atoms with Gasteiger partial charge >= 0.3 is 12.2 Å². The van der Waals surface area contributed by atoms with Crippen LogP contribution >= 0.6 is 0 Å². The van der Waals surface area contributed by atoms with Crippen LogP contribution < -0.4 is 16.4 Å². The molecule has 0 fully saturated rings. The number of aryl methyl sites for hydroxylation is 1. The zero-order chi connectivity index (χ0) is 21.6. The molecule has 0 aromatic heterocycles. The number of nitrogens with zero attached hydrogens (tertiary/aromatic N) is 1. The third kappa shape index (κ3) is 6.40. The topological polar surface area (TPSA) is 88.7 Å². The second-order valence-corrected chi connectivity index (χ2v) is 7.03. The molecule has 2 amide bonds. The average molecular weight is 420 g/mol. The van der Waals surface area contributed by atoms with Crippen LogP contribution in [0.1, 0.15) is 30.4 Å². The van der Waals surface area contributed by atoms with Gasteiger partial charge in [-0.3, -0.25) is 0 Å². The van der Waals surface area contributed by atoms with Crippen LogP contribution in [0.3, 0.4) is 0 Å². The van der Waals surface area contributed by atoms with Crippen molar-refractivity contribution in [3.63, 3.8) is 0 Å². The molecule has 9 heteroatoms. The number of amides is 2. The van der Waals surface area contributed by atoms with E-state index in [1.165, 1.54) is 12.1 Å². The van der Waals surface area contributed by atoms with Gasteiger partial charge in [-0.05, 0) is 61.2 Å². The molecule has 2 aromatic carbocycles. The summed E-state index contributed by atoms with van der Waals surface area (Å²) in [5.41, 5.74) is 6.73. The van der Waals surface area contributed by atoms with Gasteiger partial charge in [0.05, 0.1) is 11.6 Å². The van der Waals surface area contributed by atoms with Crippen molar-refractivity contribution in [3.8, 4) is 0 Å². The molecule has 0 bridgehead atoms. The van der Waals surface area contributed by atoms with Gasteiger partial charge in [-0.15, -0.1) is 0 Å². The molecule has 1 atom stereocenters. The molecule has 1 aliphatic rings. The minimum absolute atomic E-state index is 0.153. The fourth-order valence-electron chi connectivity index (χ4n) is 3.08. The molecular formula is C21H23F3N4O2. The van der Waals surface area contributed by atoms with E-state index >= 15 is 0 Å². The van der Waals surface area contributed by atoms with Gasteiger partial charge in [0.2, 0.25) is 0 Å². The lowest BCUT2D eigenvalue weighted by Gasteiger charge is -2.10. The van der Waals surface area contributed by atoms with E-state index in [-0.39, 0.29) is 17.8 Å². The number of nitrogens with two attached hydrogens (primary N) is 1. The molecule has 30 heavy (non-hydrogen) atoms. The number of unbranched alkanes of at least 4 members (excludes halogenated alkanes) is 1. The summed E-state index contributed by atoms with van der Waals surface area (Å²) in [7, 11) is 0. The standard InChI is InChI=1S/C21H23F3N4O2/c22-21(23,24)15-7-11-17(12-8-15)28-20(29)27-16-9-5-14(6-10-16)3-1-2-4-18-13-30-19(25)26-18/h5-12,18H,1-4,13H2,(H2,25,26)(H2,27,28,29)/t18-/m0/s1. The second-order valence-electron chi connectivity index (χ2n) is 7.03. The molecule has 0 saturated heterocycles. The van der Waals surface area contributed by atoms with Crippen LogP contribution in [-0.2, 0) is 17.3 Å². The summed E-state index contributed by atoms with van der Waals surface area (Å²) in [5.74, 6) is 0. The van der Waals surface area contributed by atoms with Gasteiger partial charge in [0.15, 0.2) is 0 Å². The van der Waals surface area contributed by atoms with Crippen molar-refractivity contribution in [2.24, 2.45) is 10.7 Å². The first kappa shape index (κ1) is 21.5. The first-order chi connectivity index (χ1) is 14.3. The van der Waals surface area contributed by atoms with Crippen molar-refractivity contribution in [2.45, 2.75) is 37.9 Å². The largest absolute Gasteiger partial charge is 0.463 e. The first-order valence-corrected chi connectivity index (χ1v) is 9.60. The summed E-state index contributed by atoms with van der Waals surface area (Å²) in [6.07, 6.45) is -0.544. The van der Waals surface area contributed by atoms with Crippen molar-refractivity contribution in [2.75, 3.05) is 17.2 Å². The minimum Gasteiger partial charge on any atom is -0.463 e. The van der Waals surface area contributed by atoms with E-state index < -0.39 is 17.8 Å². The van der Waals surface area contributed by atoms with Crippen molar-refractivity contribution >= 4 is 23.4 Å². The highest BCUT2D eigenvalue weighted by molar-refractivity contribution is 5.99. The maximum absolute atomic E-state index is 12.6. The van der Waals surface area contributed by atoms with Crippen molar-refractivity contribution < 1.29 is 22.7 Å². The van der Waals surface area contributed by atoms with Gasteiger partial charge in [0.1, 0.15) is 6.61 Å². The zero-order valence-corrected chi connectivity index (χ0v) is 16.2. The summed E-state index contributed by atoms with van der Waals surface area (Å²) >= 11 is 0. The molecule has 160 valence electrons. The molecule has 1 heterocycles. The van der Waals surface area contributed by atoms with Gasteiger partial charge in [-0.25, -0.2) is 9.79 Å². The summed E-state index contributed by atoms with van der Waals surface area (Å²) in [5, 5.41) is 5.17. The van der Waals surface area contributed by atoms with Crippen molar-refractivity contribution in [1.29, 1.82) is 0 Å². The number of ether oxygens (including phenoxy) is 1. The van der Waals surface area contributed by atoms with Gasteiger partial charge in [-0.1, -0.05) is 18.6 Å². The van der Waals surface area contributed by atoms with E-state index in [1.54, 1.807) is 12.1 Å². The molecule has 0 spiro atoms. The van der Waals surface area contributed by atoms with Gasteiger partial charge < -0.3 is 21.1 Å². The number of carbonyl (C=O) groups excluding carboxylic acids is 1. The lowest BCUT2D eigenvalue weighted by atomic mass is 10.0. The van der Waals surface area contributed by atoms with Crippen LogP contribution in [-0.4, -0.2) is 24.7 Å². The Bertz CT molecular complexity index is 881. The Morgan fingerprint density at radius 3 is 2.17 bits per heavy atom. The van der Waals surface area contributed by atoms with E-state index in [0.29, 0.717) is 12.3 Å². The van der Waals surface area contributed by atoms with Crippen LogP contribution in [0, 0.1) is 0 Å². The predicted octanol–water partition coefficient (Wildman–Crippen LogP) is 4.78. The van der Waals surface area contributed by atoms with E-state index in [2.05, 4.69) is 15.6 Å². The number of amidine groups is 1. The zero-order valence-electron chi connectivity index (χ0n) is 16.2. The fourth-order valence-corrected chi connectivity index (χ4v) is 3.08. The summed E-state index contributed by atoms with van der Waals surface area (Å²) in [6, 6.07) is 11.6. The first-order valence-electron chi connectivity index (χ1n) is 9.60. The molecule has 2 aromatic rings. The average Bonchev–Trinajstić information content (AvgIpc) is 3.11. The molecule has 6 nitrogen and oxygen atoms in total. The normalized spacial score (nSPS) is 16.0. The lowest BCUT2D eigenvalue weighted by molar-refractivity contribution is -0.137. The Morgan fingerprint density at radius 2 is 1.63 bits per heavy atom. The van der Waals surface area contributed by atoms with Gasteiger partial charge in [0.25, 0.3) is 6.02 Å². The van der Waals surface area contributed by atoms with E-state index in [9.17, 15) is 18.0 Å². The quantitative estimate of drug-likeness (QED) is 0.564. The molecule has 4 N–H and O–H groups in total. The van der Waals surface area contributed by atoms with Crippen LogP contribution in [0.15, 0.2) is 53.5 Å². The third-order valence-corrected chi connectivity index (χ3v) is 4.67. The van der Waals surface area contributed by atoms with Crippen molar-refractivity contribution in [3.05, 3.63) is 59.7 Å². The SMILES string of the molecule is NC1=N[C@@H](CCCCc2ccc(NC(=O)Nc3ccc(C(F)(F)F)cc3)cc2)CO1. The minimum atomic E-state index is -4.41. The maximum atomic E-state index is 12.6. The highest BCUT2D eigenvalue weighted by atomic mass is 19.4. The number of hydrogen-bond donors (Lipinski definition) is 3. The summed E-state index contributed by atoms with van der Waals surface area (Å²) < 4.78 is 42.8. The highest BCUT2D eigenvalue weighted by Gasteiger charge is 2.30. The molecule has 0 radical (unpaired) electrons. The molecular weight excluding hydrogens is 397 g/mol. The molecule has 0 aliphatic carbocycles. The Kier molecular flexibility index (Phi) is 6.81. The fraction of sp³-hybridized carbons (Fsp3) is 0.333. The van der Waals surface area contributed by atoms with Crippen LogP contribution in [0.2, 0.25) is 0 Å². The number of hydrogen-bond acceptors (Lipinski definition) is 4. The van der Waals surface area contributed by atoms with E-state index in [0.717, 1.165) is 43.4 Å². The Labute approximate surface area is 172 Å². The molecule has 0 saturated carbocycles. The van der Waals surface area contributed by atoms with Gasteiger partial charge in [-0.2, -0.15) is 13.2 Å². The number of aliphatic imine (C=N–C) groups is 1. The van der Waals surface area contributed by atoms with Gasteiger partial charge in [0, 0.05) is 11.4 Å². The number of alkyl halides is 3.